The van der Waals surface area contributed by atoms with Crippen LogP contribution in [0.2, 0.25) is 0 Å². The van der Waals surface area contributed by atoms with E-state index in [0.717, 1.165) is 12.2 Å². The zero-order valence-corrected chi connectivity index (χ0v) is 5.61. The molecule has 1 saturated heterocycles. The Bertz CT molecular complexity index is 92.4. The summed E-state index contributed by atoms with van der Waals surface area (Å²) in [7, 11) is 0. The highest BCUT2D eigenvalue weighted by Gasteiger charge is 2.36. The van der Waals surface area contributed by atoms with Gasteiger partial charge in [-0.25, -0.2) is 0 Å². The highest BCUT2D eigenvalue weighted by atomic mass is 32.2. The van der Waals surface area contributed by atoms with Crippen LogP contribution in [0.1, 0.15) is 13.3 Å². The van der Waals surface area contributed by atoms with E-state index in [-0.39, 0.29) is 5.92 Å². The van der Waals surface area contributed by atoms with Crippen molar-refractivity contribution in [3.05, 3.63) is 0 Å². The van der Waals surface area contributed by atoms with Crippen LogP contribution in [0.4, 0.5) is 0 Å². The number of thioether (sulfide) groups is 1. The van der Waals surface area contributed by atoms with Crippen LogP contribution in [-0.4, -0.2) is 21.1 Å². The van der Waals surface area contributed by atoms with E-state index in [0.29, 0.717) is 0 Å². The number of aliphatic hydroxyl groups is 2. The summed E-state index contributed by atoms with van der Waals surface area (Å²) < 4.78 is 0. The molecule has 0 aromatic carbocycles. The first-order valence-corrected chi connectivity index (χ1v) is 3.70. The number of hydrogen-bond acceptors (Lipinski definition) is 3. The van der Waals surface area contributed by atoms with Gasteiger partial charge >= 0.3 is 0 Å². The molecule has 0 aromatic rings. The summed E-state index contributed by atoms with van der Waals surface area (Å²) in [6.07, 6.45) is 0.914. The standard InChI is InChI=1S/C5H10O2S/c1-4-2-3-8-5(4,6)7/h4,6-7H,2-3H2,1H3. The molecule has 1 rings (SSSR count). The van der Waals surface area contributed by atoms with Crippen LogP contribution in [0.5, 0.6) is 0 Å². The largest absolute Gasteiger partial charge is 0.357 e. The molecule has 1 atom stereocenters. The van der Waals surface area contributed by atoms with E-state index in [1.807, 2.05) is 6.92 Å². The molecule has 0 saturated carbocycles. The molecule has 0 aliphatic carbocycles. The summed E-state index contributed by atoms with van der Waals surface area (Å²) >= 11 is 1.22. The predicted molar refractivity (Wildman–Crippen MR) is 33.4 cm³/mol. The van der Waals surface area contributed by atoms with E-state index in [4.69, 9.17) is 10.2 Å². The Morgan fingerprint density at radius 2 is 2.25 bits per heavy atom. The van der Waals surface area contributed by atoms with Gasteiger partial charge in [0.05, 0.1) is 0 Å². The Morgan fingerprint density at radius 3 is 2.38 bits per heavy atom. The molecule has 1 heterocycles. The second-order valence-electron chi connectivity index (χ2n) is 2.20. The van der Waals surface area contributed by atoms with Gasteiger partial charge in [0.2, 0.25) is 5.12 Å². The van der Waals surface area contributed by atoms with Gasteiger partial charge in [-0.2, -0.15) is 0 Å². The molecular weight excluding hydrogens is 124 g/mol. The normalized spacial score (nSPS) is 35.6. The highest BCUT2D eigenvalue weighted by molar-refractivity contribution is 8.00. The van der Waals surface area contributed by atoms with E-state index in [1.165, 1.54) is 11.8 Å². The molecule has 0 amide bonds. The van der Waals surface area contributed by atoms with Crippen LogP contribution in [0.15, 0.2) is 0 Å². The van der Waals surface area contributed by atoms with Crippen molar-refractivity contribution in [2.75, 3.05) is 5.75 Å². The summed E-state index contributed by atoms with van der Waals surface area (Å²) in [5, 5.41) is 16.5. The monoisotopic (exact) mass is 134 g/mol. The van der Waals surface area contributed by atoms with E-state index in [9.17, 15) is 0 Å². The minimum atomic E-state index is -1.43. The Balaban J connectivity index is 2.54. The average molecular weight is 134 g/mol. The lowest BCUT2D eigenvalue weighted by Gasteiger charge is -2.17. The van der Waals surface area contributed by atoms with Gasteiger partial charge in [-0.05, 0) is 12.2 Å². The fourth-order valence-electron chi connectivity index (χ4n) is 0.716. The maximum atomic E-state index is 8.98. The van der Waals surface area contributed by atoms with Gasteiger partial charge in [0.25, 0.3) is 0 Å². The third-order valence-electron chi connectivity index (χ3n) is 1.51. The Kier molecular flexibility index (Phi) is 1.52. The predicted octanol–water partition coefficient (Wildman–Crippen LogP) is 0.398. The van der Waals surface area contributed by atoms with Crippen LogP contribution in [-0.2, 0) is 0 Å². The molecule has 3 heteroatoms. The lowest BCUT2D eigenvalue weighted by molar-refractivity contribution is -0.108. The Labute approximate surface area is 52.9 Å². The third kappa shape index (κ3) is 0.989. The van der Waals surface area contributed by atoms with Crippen molar-refractivity contribution in [2.24, 2.45) is 5.92 Å². The van der Waals surface area contributed by atoms with E-state index < -0.39 is 5.12 Å². The first-order valence-electron chi connectivity index (χ1n) is 2.71. The second kappa shape index (κ2) is 1.90. The van der Waals surface area contributed by atoms with Crippen molar-refractivity contribution in [1.82, 2.24) is 0 Å². The molecule has 1 fully saturated rings. The van der Waals surface area contributed by atoms with Gasteiger partial charge in [-0.3, -0.25) is 0 Å². The molecule has 1 aliphatic rings. The van der Waals surface area contributed by atoms with Gasteiger partial charge in [0.1, 0.15) is 0 Å². The minimum Gasteiger partial charge on any atom is -0.357 e. The zero-order chi connectivity index (χ0) is 6.20. The molecule has 0 bridgehead atoms. The van der Waals surface area contributed by atoms with Crippen LogP contribution in [0, 0.1) is 5.92 Å². The lowest BCUT2D eigenvalue weighted by atomic mass is 10.1. The fraction of sp³-hybridized carbons (Fsp3) is 1.00. The van der Waals surface area contributed by atoms with Crippen LogP contribution < -0.4 is 0 Å². The molecule has 0 radical (unpaired) electrons. The fourth-order valence-corrected chi connectivity index (χ4v) is 1.89. The third-order valence-corrected chi connectivity index (χ3v) is 2.77. The first kappa shape index (κ1) is 6.39. The Hall–Kier alpha value is 0.270. The molecule has 8 heavy (non-hydrogen) atoms. The molecule has 2 N–H and O–H groups in total. The lowest BCUT2D eigenvalue weighted by Crippen LogP contribution is -2.26. The van der Waals surface area contributed by atoms with E-state index in [1.54, 1.807) is 0 Å². The van der Waals surface area contributed by atoms with Crippen LogP contribution in [0.3, 0.4) is 0 Å². The number of rotatable bonds is 0. The van der Waals surface area contributed by atoms with Gasteiger partial charge in [-0.15, -0.1) is 0 Å². The highest BCUT2D eigenvalue weighted by Crippen LogP contribution is 2.37. The number of hydrogen-bond donors (Lipinski definition) is 2. The maximum absolute atomic E-state index is 8.98. The van der Waals surface area contributed by atoms with Gasteiger partial charge in [0, 0.05) is 5.92 Å². The van der Waals surface area contributed by atoms with E-state index >= 15 is 0 Å². The van der Waals surface area contributed by atoms with Crippen molar-refractivity contribution in [3.63, 3.8) is 0 Å². The zero-order valence-electron chi connectivity index (χ0n) is 4.79. The summed E-state index contributed by atoms with van der Waals surface area (Å²) in [4.78, 5) is 0. The van der Waals surface area contributed by atoms with Crippen LogP contribution in [0.25, 0.3) is 0 Å². The summed E-state index contributed by atoms with van der Waals surface area (Å²) in [5.41, 5.74) is 0. The molecule has 0 aromatic heterocycles. The van der Waals surface area contributed by atoms with Crippen LogP contribution >= 0.6 is 11.8 Å². The smallest absolute Gasteiger partial charge is 0.215 e. The van der Waals surface area contributed by atoms with Gasteiger partial charge in [-0.1, -0.05) is 18.7 Å². The Morgan fingerprint density at radius 1 is 1.62 bits per heavy atom. The molecule has 2 nitrogen and oxygen atoms in total. The molecule has 1 unspecified atom stereocenters. The van der Waals surface area contributed by atoms with Crippen molar-refractivity contribution in [1.29, 1.82) is 0 Å². The average Bonchev–Trinajstić information content (AvgIpc) is 1.86. The summed E-state index contributed by atoms with van der Waals surface area (Å²) in [6, 6.07) is 0. The van der Waals surface area contributed by atoms with Crippen molar-refractivity contribution in [3.8, 4) is 0 Å². The SMILES string of the molecule is CC1CCSC1(O)O. The molecule has 0 spiro atoms. The molecule has 1 aliphatic heterocycles. The molecule has 48 valence electrons. The van der Waals surface area contributed by atoms with Crippen molar-refractivity contribution >= 4 is 11.8 Å². The van der Waals surface area contributed by atoms with Crippen molar-refractivity contribution in [2.45, 2.75) is 18.5 Å². The van der Waals surface area contributed by atoms with Crippen molar-refractivity contribution < 1.29 is 10.2 Å². The van der Waals surface area contributed by atoms with Gasteiger partial charge in [0.15, 0.2) is 0 Å². The quantitative estimate of drug-likeness (QED) is 0.471. The van der Waals surface area contributed by atoms with Gasteiger partial charge < -0.3 is 10.2 Å². The van der Waals surface area contributed by atoms with E-state index in [2.05, 4.69) is 0 Å². The summed E-state index contributed by atoms with van der Waals surface area (Å²) in [5.74, 6) is 0.904. The topological polar surface area (TPSA) is 40.5 Å². The minimum absolute atomic E-state index is 0.0347. The second-order valence-corrected chi connectivity index (χ2v) is 3.49. The first-order chi connectivity index (χ1) is 3.63. The maximum Gasteiger partial charge on any atom is 0.215 e. The molecular formula is C5H10O2S. The summed E-state index contributed by atoms with van der Waals surface area (Å²) in [6.45, 7) is 1.85.